The number of aromatic nitrogens is 2. The lowest BCUT2D eigenvalue weighted by atomic mass is 9.97. The van der Waals surface area contributed by atoms with Crippen LogP contribution in [0.5, 0.6) is 0 Å². The van der Waals surface area contributed by atoms with Crippen LogP contribution in [0.25, 0.3) is 0 Å². The van der Waals surface area contributed by atoms with Crippen LogP contribution in [0.1, 0.15) is 43.8 Å². The van der Waals surface area contributed by atoms with Crippen molar-refractivity contribution < 1.29 is 5.11 Å². The molecule has 0 aliphatic heterocycles. The van der Waals surface area contributed by atoms with Gasteiger partial charge in [-0.2, -0.15) is 5.10 Å². The van der Waals surface area contributed by atoms with E-state index in [1.165, 1.54) is 25.7 Å². The third kappa shape index (κ3) is 2.15. The van der Waals surface area contributed by atoms with Crippen molar-refractivity contribution in [3.8, 4) is 0 Å². The SMILES string of the molecule is Cn1cc(C(O)CC2CCCC2)cn1. The topological polar surface area (TPSA) is 38.0 Å². The highest BCUT2D eigenvalue weighted by Gasteiger charge is 2.20. The molecule has 2 rings (SSSR count). The van der Waals surface area contributed by atoms with Gasteiger partial charge in [0.2, 0.25) is 0 Å². The predicted octanol–water partition coefficient (Wildman–Crippen LogP) is 2.03. The molecule has 1 unspecified atom stereocenters. The Morgan fingerprint density at radius 1 is 1.57 bits per heavy atom. The fourth-order valence-corrected chi connectivity index (χ4v) is 2.31. The first-order chi connectivity index (χ1) is 6.75. The highest BCUT2D eigenvalue weighted by atomic mass is 16.3. The van der Waals surface area contributed by atoms with Crippen LogP contribution in [0.2, 0.25) is 0 Å². The summed E-state index contributed by atoms with van der Waals surface area (Å²) in [7, 11) is 1.88. The van der Waals surface area contributed by atoms with Crippen LogP contribution in [0.15, 0.2) is 12.4 Å². The second kappa shape index (κ2) is 4.13. The quantitative estimate of drug-likeness (QED) is 0.799. The minimum Gasteiger partial charge on any atom is -0.388 e. The predicted molar refractivity (Wildman–Crippen MR) is 54.7 cm³/mol. The van der Waals surface area contributed by atoms with Gasteiger partial charge in [-0.05, 0) is 12.3 Å². The average Bonchev–Trinajstić information content (AvgIpc) is 2.75. The Labute approximate surface area is 84.7 Å². The van der Waals surface area contributed by atoms with Crippen LogP contribution in [0.4, 0.5) is 0 Å². The lowest BCUT2D eigenvalue weighted by Gasteiger charge is -2.13. The Morgan fingerprint density at radius 2 is 2.29 bits per heavy atom. The summed E-state index contributed by atoms with van der Waals surface area (Å²) in [4.78, 5) is 0. The van der Waals surface area contributed by atoms with Gasteiger partial charge in [0.1, 0.15) is 0 Å². The number of nitrogens with zero attached hydrogens (tertiary/aromatic N) is 2. The Hall–Kier alpha value is -0.830. The Bertz CT molecular complexity index is 289. The summed E-state index contributed by atoms with van der Waals surface area (Å²) in [6.07, 6.45) is 9.51. The standard InChI is InChI=1S/C11H18N2O/c1-13-8-10(7-12-13)11(14)6-9-4-2-3-5-9/h7-9,11,14H,2-6H2,1H3. The summed E-state index contributed by atoms with van der Waals surface area (Å²) in [5, 5.41) is 14.0. The molecule has 1 aliphatic carbocycles. The zero-order chi connectivity index (χ0) is 9.97. The van der Waals surface area contributed by atoms with Gasteiger partial charge in [0, 0.05) is 18.8 Å². The minimum atomic E-state index is -0.313. The number of rotatable bonds is 3. The van der Waals surface area contributed by atoms with Crippen molar-refractivity contribution >= 4 is 0 Å². The molecule has 1 heterocycles. The van der Waals surface area contributed by atoms with E-state index < -0.39 is 0 Å². The maximum absolute atomic E-state index is 9.94. The average molecular weight is 194 g/mol. The number of hydrogen-bond acceptors (Lipinski definition) is 2. The van der Waals surface area contributed by atoms with Gasteiger partial charge in [-0.1, -0.05) is 25.7 Å². The second-order valence-electron chi connectivity index (χ2n) is 4.35. The van der Waals surface area contributed by atoms with Crippen molar-refractivity contribution in [3.63, 3.8) is 0 Å². The molecule has 78 valence electrons. The summed E-state index contributed by atoms with van der Waals surface area (Å²) < 4.78 is 1.74. The van der Waals surface area contributed by atoms with Crippen molar-refractivity contribution in [2.24, 2.45) is 13.0 Å². The first kappa shape index (κ1) is 9.71. The first-order valence-corrected chi connectivity index (χ1v) is 5.42. The smallest absolute Gasteiger partial charge is 0.0823 e. The van der Waals surface area contributed by atoms with Crippen molar-refractivity contribution in [2.45, 2.75) is 38.2 Å². The van der Waals surface area contributed by atoms with Crippen LogP contribution < -0.4 is 0 Å². The van der Waals surface area contributed by atoms with E-state index in [1.807, 2.05) is 13.2 Å². The highest BCUT2D eigenvalue weighted by molar-refractivity contribution is 5.07. The van der Waals surface area contributed by atoms with Gasteiger partial charge in [0.25, 0.3) is 0 Å². The summed E-state index contributed by atoms with van der Waals surface area (Å²) in [5.41, 5.74) is 0.958. The molecule has 0 aromatic carbocycles. The Kier molecular flexibility index (Phi) is 2.87. The molecule has 0 saturated heterocycles. The van der Waals surface area contributed by atoms with Crippen molar-refractivity contribution in [3.05, 3.63) is 18.0 Å². The first-order valence-electron chi connectivity index (χ1n) is 5.42. The molecular formula is C11H18N2O. The molecule has 1 aromatic heterocycles. The molecule has 0 amide bonds. The van der Waals surface area contributed by atoms with Gasteiger partial charge in [-0.15, -0.1) is 0 Å². The van der Waals surface area contributed by atoms with Crippen LogP contribution in [0, 0.1) is 5.92 Å². The van der Waals surface area contributed by atoms with Gasteiger partial charge in [-0.3, -0.25) is 4.68 Å². The third-order valence-electron chi connectivity index (χ3n) is 3.14. The maximum atomic E-state index is 9.94. The van der Waals surface area contributed by atoms with E-state index in [0.717, 1.165) is 17.9 Å². The molecule has 1 aliphatic rings. The van der Waals surface area contributed by atoms with Crippen molar-refractivity contribution in [1.29, 1.82) is 0 Å². The minimum absolute atomic E-state index is 0.313. The molecule has 1 atom stereocenters. The van der Waals surface area contributed by atoms with E-state index in [9.17, 15) is 5.11 Å². The fourth-order valence-electron chi connectivity index (χ4n) is 2.31. The van der Waals surface area contributed by atoms with Gasteiger partial charge in [-0.25, -0.2) is 0 Å². The van der Waals surface area contributed by atoms with Crippen LogP contribution >= 0.6 is 0 Å². The van der Waals surface area contributed by atoms with E-state index in [0.29, 0.717) is 0 Å². The molecule has 3 nitrogen and oxygen atoms in total. The zero-order valence-electron chi connectivity index (χ0n) is 8.69. The number of aryl methyl sites for hydroxylation is 1. The number of hydrogen-bond donors (Lipinski definition) is 1. The lowest BCUT2D eigenvalue weighted by Crippen LogP contribution is -2.03. The molecule has 1 fully saturated rings. The second-order valence-corrected chi connectivity index (χ2v) is 4.35. The number of aliphatic hydroxyl groups excluding tert-OH is 1. The normalized spacial score (nSPS) is 20.1. The molecule has 0 spiro atoms. The summed E-state index contributed by atoms with van der Waals surface area (Å²) >= 11 is 0. The van der Waals surface area contributed by atoms with E-state index in [1.54, 1.807) is 10.9 Å². The van der Waals surface area contributed by atoms with E-state index in [2.05, 4.69) is 5.10 Å². The van der Waals surface area contributed by atoms with Gasteiger partial charge in [0.05, 0.1) is 12.3 Å². The third-order valence-corrected chi connectivity index (χ3v) is 3.14. The van der Waals surface area contributed by atoms with Gasteiger partial charge in [0.15, 0.2) is 0 Å². The molecule has 0 bridgehead atoms. The lowest BCUT2D eigenvalue weighted by molar-refractivity contribution is 0.145. The van der Waals surface area contributed by atoms with Gasteiger partial charge < -0.3 is 5.11 Å². The molecule has 1 saturated carbocycles. The van der Waals surface area contributed by atoms with Crippen molar-refractivity contribution in [1.82, 2.24) is 9.78 Å². The largest absolute Gasteiger partial charge is 0.388 e. The summed E-state index contributed by atoms with van der Waals surface area (Å²) in [5.74, 6) is 0.727. The van der Waals surface area contributed by atoms with E-state index >= 15 is 0 Å². The van der Waals surface area contributed by atoms with Gasteiger partial charge >= 0.3 is 0 Å². The zero-order valence-corrected chi connectivity index (χ0v) is 8.69. The van der Waals surface area contributed by atoms with Crippen molar-refractivity contribution in [2.75, 3.05) is 0 Å². The number of aliphatic hydroxyl groups is 1. The molecule has 3 heteroatoms. The van der Waals surface area contributed by atoms with Crippen LogP contribution in [0.3, 0.4) is 0 Å². The Morgan fingerprint density at radius 3 is 2.86 bits per heavy atom. The molecular weight excluding hydrogens is 176 g/mol. The summed E-state index contributed by atoms with van der Waals surface area (Å²) in [6.45, 7) is 0. The molecule has 14 heavy (non-hydrogen) atoms. The molecule has 1 N–H and O–H groups in total. The highest BCUT2D eigenvalue weighted by Crippen LogP contribution is 2.32. The fraction of sp³-hybridized carbons (Fsp3) is 0.727. The molecule has 0 radical (unpaired) electrons. The monoisotopic (exact) mass is 194 g/mol. The summed E-state index contributed by atoms with van der Waals surface area (Å²) in [6, 6.07) is 0. The van der Waals surface area contributed by atoms with E-state index in [-0.39, 0.29) is 6.10 Å². The molecule has 1 aromatic rings. The maximum Gasteiger partial charge on any atom is 0.0823 e. The Balaban J connectivity index is 1.91. The van der Waals surface area contributed by atoms with Crippen LogP contribution in [-0.4, -0.2) is 14.9 Å². The van der Waals surface area contributed by atoms with E-state index in [4.69, 9.17) is 0 Å². The van der Waals surface area contributed by atoms with Crippen LogP contribution in [-0.2, 0) is 7.05 Å².